The van der Waals surface area contributed by atoms with Crippen LogP contribution < -0.4 is 5.73 Å². The molecule has 0 aromatic carbocycles. The van der Waals surface area contributed by atoms with Gasteiger partial charge in [0.05, 0.1) is 0 Å². The molecule has 1 aliphatic heterocycles. The van der Waals surface area contributed by atoms with Gasteiger partial charge in [-0.25, -0.2) is 0 Å². The van der Waals surface area contributed by atoms with Crippen molar-refractivity contribution in [2.24, 2.45) is 11.7 Å². The highest BCUT2D eigenvalue weighted by molar-refractivity contribution is 5.04. The number of likely N-dealkylation sites (tertiary alicyclic amines) is 1. The summed E-state index contributed by atoms with van der Waals surface area (Å²) < 4.78 is 0. The molecule has 0 radical (unpaired) electrons. The van der Waals surface area contributed by atoms with Crippen molar-refractivity contribution in [2.75, 3.05) is 19.6 Å². The van der Waals surface area contributed by atoms with E-state index in [0.29, 0.717) is 18.5 Å². The van der Waals surface area contributed by atoms with Crippen molar-refractivity contribution in [3.05, 3.63) is 12.2 Å². The summed E-state index contributed by atoms with van der Waals surface area (Å²) in [7, 11) is 0. The van der Waals surface area contributed by atoms with Gasteiger partial charge in [-0.3, -0.25) is 0 Å². The number of piperidine rings is 1. The zero-order valence-corrected chi connectivity index (χ0v) is 8.92. The Balaban J connectivity index is 2.46. The fourth-order valence-corrected chi connectivity index (χ4v) is 1.98. The van der Waals surface area contributed by atoms with E-state index in [4.69, 9.17) is 5.73 Å². The second-order valence-corrected chi connectivity index (χ2v) is 4.29. The number of nitrogens with zero attached hydrogens (tertiary/aromatic N) is 1. The van der Waals surface area contributed by atoms with Crippen molar-refractivity contribution in [3.63, 3.8) is 0 Å². The van der Waals surface area contributed by atoms with Crippen LogP contribution in [0.4, 0.5) is 0 Å². The van der Waals surface area contributed by atoms with Crippen molar-refractivity contribution >= 4 is 0 Å². The molecule has 1 saturated heterocycles. The lowest BCUT2D eigenvalue weighted by molar-refractivity contribution is 0.153. The highest BCUT2D eigenvalue weighted by Crippen LogP contribution is 2.23. The van der Waals surface area contributed by atoms with Crippen LogP contribution in [0.25, 0.3) is 0 Å². The SMILES string of the molecule is C=C(CN)C1CCCN(C(C)C)C1. The van der Waals surface area contributed by atoms with Crippen LogP contribution >= 0.6 is 0 Å². The molecule has 2 heteroatoms. The van der Waals surface area contributed by atoms with Crippen LogP contribution in [-0.2, 0) is 0 Å². The number of hydrogen-bond donors (Lipinski definition) is 1. The largest absolute Gasteiger partial charge is 0.327 e. The maximum atomic E-state index is 5.61. The second-order valence-electron chi connectivity index (χ2n) is 4.29. The quantitative estimate of drug-likeness (QED) is 0.672. The van der Waals surface area contributed by atoms with Gasteiger partial charge in [0, 0.05) is 19.1 Å². The smallest absolute Gasteiger partial charge is 0.0137 e. The Labute approximate surface area is 81.8 Å². The summed E-state index contributed by atoms with van der Waals surface area (Å²) in [5.41, 5.74) is 6.83. The molecule has 76 valence electrons. The molecule has 0 aromatic rings. The monoisotopic (exact) mass is 182 g/mol. The van der Waals surface area contributed by atoms with E-state index >= 15 is 0 Å². The molecule has 0 saturated carbocycles. The van der Waals surface area contributed by atoms with Crippen LogP contribution in [0.5, 0.6) is 0 Å². The predicted molar refractivity (Wildman–Crippen MR) is 57.6 cm³/mol. The molecule has 1 aliphatic rings. The lowest BCUT2D eigenvalue weighted by Crippen LogP contribution is -2.41. The Kier molecular flexibility index (Phi) is 3.94. The van der Waals surface area contributed by atoms with Crippen molar-refractivity contribution in [1.29, 1.82) is 0 Å². The molecule has 1 fully saturated rings. The highest BCUT2D eigenvalue weighted by Gasteiger charge is 2.22. The fraction of sp³-hybridized carbons (Fsp3) is 0.818. The first kappa shape index (κ1) is 10.7. The van der Waals surface area contributed by atoms with Gasteiger partial charge in [-0.15, -0.1) is 0 Å². The summed E-state index contributed by atoms with van der Waals surface area (Å²) in [5, 5.41) is 0. The standard InChI is InChI=1S/C11H22N2/c1-9(2)13-6-4-5-11(8-13)10(3)7-12/h9,11H,3-8,12H2,1-2H3. The Morgan fingerprint density at radius 3 is 2.85 bits per heavy atom. The molecule has 1 rings (SSSR count). The van der Waals surface area contributed by atoms with Crippen molar-refractivity contribution < 1.29 is 0 Å². The van der Waals surface area contributed by atoms with Crippen LogP contribution in [0, 0.1) is 5.92 Å². The summed E-state index contributed by atoms with van der Waals surface area (Å²) in [5.74, 6) is 0.640. The molecule has 1 atom stereocenters. The van der Waals surface area contributed by atoms with Gasteiger partial charge in [0.25, 0.3) is 0 Å². The van der Waals surface area contributed by atoms with Crippen LogP contribution in [0.3, 0.4) is 0 Å². The van der Waals surface area contributed by atoms with E-state index in [1.54, 1.807) is 0 Å². The number of rotatable bonds is 3. The number of nitrogens with two attached hydrogens (primary N) is 1. The zero-order valence-electron chi connectivity index (χ0n) is 8.92. The summed E-state index contributed by atoms with van der Waals surface area (Å²) >= 11 is 0. The summed E-state index contributed by atoms with van der Waals surface area (Å²) in [6.07, 6.45) is 2.57. The first-order chi connectivity index (χ1) is 6.15. The topological polar surface area (TPSA) is 29.3 Å². The van der Waals surface area contributed by atoms with E-state index < -0.39 is 0 Å². The van der Waals surface area contributed by atoms with E-state index in [9.17, 15) is 0 Å². The predicted octanol–water partition coefficient (Wildman–Crippen LogP) is 1.62. The van der Waals surface area contributed by atoms with Gasteiger partial charge in [-0.1, -0.05) is 12.2 Å². The molecule has 1 heterocycles. The Hall–Kier alpha value is -0.340. The zero-order chi connectivity index (χ0) is 9.84. The van der Waals surface area contributed by atoms with E-state index in [1.165, 1.54) is 25.0 Å². The highest BCUT2D eigenvalue weighted by atomic mass is 15.2. The molecule has 0 bridgehead atoms. The molecular weight excluding hydrogens is 160 g/mol. The molecule has 1 unspecified atom stereocenters. The minimum Gasteiger partial charge on any atom is -0.327 e. The third-order valence-corrected chi connectivity index (χ3v) is 3.02. The maximum Gasteiger partial charge on any atom is 0.0137 e. The molecule has 2 N–H and O–H groups in total. The first-order valence-corrected chi connectivity index (χ1v) is 5.27. The first-order valence-electron chi connectivity index (χ1n) is 5.27. The summed E-state index contributed by atoms with van der Waals surface area (Å²) in [4.78, 5) is 2.52. The van der Waals surface area contributed by atoms with Gasteiger partial charge >= 0.3 is 0 Å². The van der Waals surface area contributed by atoms with Crippen LogP contribution in [-0.4, -0.2) is 30.6 Å². The van der Waals surface area contributed by atoms with Crippen molar-refractivity contribution in [3.8, 4) is 0 Å². The number of hydrogen-bond acceptors (Lipinski definition) is 2. The third-order valence-electron chi connectivity index (χ3n) is 3.02. The third kappa shape index (κ3) is 2.82. The van der Waals surface area contributed by atoms with Gasteiger partial charge in [0.1, 0.15) is 0 Å². The Bertz CT molecular complexity index is 175. The van der Waals surface area contributed by atoms with Gasteiger partial charge in [-0.2, -0.15) is 0 Å². The van der Waals surface area contributed by atoms with E-state index in [-0.39, 0.29) is 0 Å². The average molecular weight is 182 g/mol. The minimum absolute atomic E-state index is 0.640. The van der Waals surface area contributed by atoms with E-state index in [2.05, 4.69) is 25.3 Å². The second kappa shape index (κ2) is 4.77. The van der Waals surface area contributed by atoms with E-state index in [0.717, 1.165) is 6.54 Å². The van der Waals surface area contributed by atoms with Gasteiger partial charge in [0.15, 0.2) is 0 Å². The van der Waals surface area contributed by atoms with Gasteiger partial charge in [-0.05, 0) is 39.2 Å². The lowest BCUT2D eigenvalue weighted by Gasteiger charge is -2.36. The summed E-state index contributed by atoms with van der Waals surface area (Å²) in [6, 6.07) is 0.661. The molecule has 0 amide bonds. The normalized spacial score (nSPS) is 25.1. The van der Waals surface area contributed by atoms with Crippen LogP contribution in [0.2, 0.25) is 0 Å². The van der Waals surface area contributed by atoms with Gasteiger partial charge < -0.3 is 10.6 Å². The molecule has 0 spiro atoms. The molecular formula is C11H22N2. The minimum atomic E-state index is 0.640. The lowest BCUT2D eigenvalue weighted by atomic mass is 9.91. The average Bonchev–Trinajstić information content (AvgIpc) is 2.17. The Morgan fingerprint density at radius 1 is 1.62 bits per heavy atom. The Morgan fingerprint density at radius 2 is 2.31 bits per heavy atom. The summed E-state index contributed by atoms with van der Waals surface area (Å²) in [6.45, 7) is 11.6. The fourth-order valence-electron chi connectivity index (χ4n) is 1.98. The molecule has 2 nitrogen and oxygen atoms in total. The van der Waals surface area contributed by atoms with Crippen molar-refractivity contribution in [2.45, 2.75) is 32.7 Å². The molecule has 0 aromatic heterocycles. The molecule has 13 heavy (non-hydrogen) atoms. The van der Waals surface area contributed by atoms with Crippen LogP contribution in [0.15, 0.2) is 12.2 Å². The van der Waals surface area contributed by atoms with Gasteiger partial charge in [0.2, 0.25) is 0 Å². The van der Waals surface area contributed by atoms with Crippen LogP contribution in [0.1, 0.15) is 26.7 Å². The molecule has 0 aliphatic carbocycles. The maximum absolute atomic E-state index is 5.61. The van der Waals surface area contributed by atoms with Crippen molar-refractivity contribution in [1.82, 2.24) is 4.90 Å². The van der Waals surface area contributed by atoms with E-state index in [1.807, 2.05) is 0 Å².